The molecule has 0 nitrogen and oxygen atoms in total. The molecule has 2 unspecified atom stereocenters. The van der Waals surface area contributed by atoms with Crippen molar-refractivity contribution in [1.29, 1.82) is 0 Å². The quantitative estimate of drug-likeness (QED) is 0.0431. The molecule has 0 aromatic carbocycles. The van der Waals surface area contributed by atoms with Gasteiger partial charge in [0, 0.05) is 16.5 Å². The monoisotopic (exact) mass is 740 g/mol. The second-order valence-electron chi connectivity index (χ2n) is 16.8. The molecule has 2 atom stereocenters. The molecule has 302 valence electrons. The largest absolute Gasteiger partial charge is 0.0654 e. The van der Waals surface area contributed by atoms with Crippen LogP contribution in [0, 0.1) is 0 Å². The molecule has 2 heteroatoms. The summed E-state index contributed by atoms with van der Waals surface area (Å²) in [6, 6.07) is 0. The van der Waals surface area contributed by atoms with Crippen LogP contribution in [-0.2, 0) is 0 Å². The van der Waals surface area contributed by atoms with Crippen LogP contribution in [0.2, 0.25) is 0 Å². The van der Waals surface area contributed by atoms with E-state index in [0.29, 0.717) is 0 Å². The first kappa shape index (κ1) is 50.9. The predicted octanol–water partition coefficient (Wildman–Crippen LogP) is 19.2. The van der Waals surface area contributed by atoms with E-state index < -0.39 is 0 Å². The average molecular weight is 740 g/mol. The lowest BCUT2D eigenvalue weighted by Gasteiger charge is -2.04. The third-order valence-corrected chi connectivity index (χ3v) is 15.7. The molecule has 0 aliphatic heterocycles. The van der Waals surface area contributed by atoms with Crippen molar-refractivity contribution in [3.8, 4) is 0 Å². The van der Waals surface area contributed by atoms with E-state index in [-0.39, 0.29) is 0 Å². The van der Waals surface area contributed by atoms with Gasteiger partial charge in [0.05, 0.1) is 6.16 Å². The van der Waals surface area contributed by atoms with E-state index in [9.17, 15) is 0 Å². The predicted molar refractivity (Wildman–Crippen MR) is 242 cm³/mol. The Bertz CT molecular complexity index is 500. The first-order valence-corrected chi connectivity index (χ1v) is 28.3. The van der Waals surface area contributed by atoms with Gasteiger partial charge in [0.2, 0.25) is 0 Å². The van der Waals surface area contributed by atoms with Crippen molar-refractivity contribution < 1.29 is 0 Å². The van der Waals surface area contributed by atoms with Gasteiger partial charge in [0.15, 0.2) is 0 Å². The lowest BCUT2D eigenvalue weighted by molar-refractivity contribution is 0.520. The third kappa shape index (κ3) is 48.9. The zero-order chi connectivity index (χ0) is 35.9. The SMILES string of the molecule is CCCCCCCCCCCCCCCCCCCCCCCCP[PH2+]CCCCCCCCCCCCCCCCCCCCCCCC. The van der Waals surface area contributed by atoms with Crippen molar-refractivity contribution in [1.82, 2.24) is 0 Å². The van der Waals surface area contributed by atoms with Crippen molar-refractivity contribution in [2.45, 2.75) is 296 Å². The maximum Gasteiger partial charge on any atom is 0.0569 e. The molecule has 0 aromatic heterocycles. The van der Waals surface area contributed by atoms with E-state index >= 15 is 0 Å². The zero-order valence-electron chi connectivity index (χ0n) is 35.6. The van der Waals surface area contributed by atoms with Gasteiger partial charge in [-0.15, -0.1) is 0 Å². The van der Waals surface area contributed by atoms with Crippen LogP contribution in [-0.4, -0.2) is 12.3 Å². The summed E-state index contributed by atoms with van der Waals surface area (Å²) in [6.07, 6.45) is 68.8. The van der Waals surface area contributed by atoms with Crippen LogP contribution in [0.25, 0.3) is 0 Å². The Hall–Kier alpha value is 0.860. The van der Waals surface area contributed by atoms with E-state index in [1.54, 1.807) is 18.7 Å². The Balaban J connectivity index is 3.04. The van der Waals surface area contributed by atoms with Gasteiger partial charge >= 0.3 is 0 Å². The summed E-state index contributed by atoms with van der Waals surface area (Å²) >= 11 is 0. The lowest BCUT2D eigenvalue weighted by Crippen LogP contribution is -1.85. The number of hydrogen-bond donors (Lipinski definition) is 0. The van der Waals surface area contributed by atoms with Crippen LogP contribution in [0.15, 0.2) is 0 Å². The summed E-state index contributed by atoms with van der Waals surface area (Å²) in [5.74, 6) is 0. The smallest absolute Gasteiger partial charge is 0.0569 e. The number of rotatable bonds is 47. The van der Waals surface area contributed by atoms with Gasteiger partial charge in [-0.05, 0) is 25.4 Å². The van der Waals surface area contributed by atoms with Crippen LogP contribution in [0.4, 0.5) is 0 Å². The number of hydrogen-bond acceptors (Lipinski definition) is 0. The van der Waals surface area contributed by atoms with Gasteiger partial charge in [-0.1, -0.05) is 277 Å². The molecular formula is C48H101P2+. The van der Waals surface area contributed by atoms with E-state index in [2.05, 4.69) is 13.8 Å². The summed E-state index contributed by atoms with van der Waals surface area (Å²) in [4.78, 5) is 0. The van der Waals surface area contributed by atoms with Gasteiger partial charge < -0.3 is 0 Å². The molecular weight excluding hydrogens is 638 g/mol. The van der Waals surface area contributed by atoms with E-state index in [1.165, 1.54) is 284 Å². The molecule has 0 rings (SSSR count). The van der Waals surface area contributed by atoms with Crippen molar-refractivity contribution in [3.63, 3.8) is 0 Å². The molecule has 0 fully saturated rings. The highest BCUT2D eigenvalue weighted by Gasteiger charge is 2.00. The molecule has 0 aromatic rings. The first-order chi connectivity index (χ1) is 24.9. The molecule has 0 aliphatic rings. The fourth-order valence-corrected chi connectivity index (χ4v) is 11.7. The maximum absolute atomic E-state index is 2.31. The Labute approximate surface area is 324 Å². The summed E-state index contributed by atoms with van der Waals surface area (Å²) < 4.78 is 0. The Morgan fingerprint density at radius 1 is 0.220 bits per heavy atom. The molecule has 0 bridgehead atoms. The van der Waals surface area contributed by atoms with Crippen molar-refractivity contribution in [2.75, 3.05) is 12.3 Å². The Morgan fingerprint density at radius 3 is 0.620 bits per heavy atom. The number of unbranched alkanes of at least 4 members (excludes halogenated alkanes) is 42. The average Bonchev–Trinajstić information content (AvgIpc) is 3.13. The third-order valence-electron chi connectivity index (χ3n) is 11.5. The summed E-state index contributed by atoms with van der Waals surface area (Å²) in [5, 5.41) is 0. The molecule has 0 amide bonds. The van der Waals surface area contributed by atoms with Crippen LogP contribution in [0.1, 0.15) is 296 Å². The maximum atomic E-state index is 2.31. The van der Waals surface area contributed by atoms with E-state index in [0.717, 1.165) is 8.27 Å². The molecule has 0 aliphatic carbocycles. The molecule has 50 heavy (non-hydrogen) atoms. The van der Waals surface area contributed by atoms with E-state index in [4.69, 9.17) is 0 Å². The molecule has 0 saturated heterocycles. The molecule has 0 radical (unpaired) electrons. The normalized spacial score (nSPS) is 12.1. The topological polar surface area (TPSA) is 0 Å². The molecule has 0 heterocycles. The van der Waals surface area contributed by atoms with Crippen LogP contribution in [0.5, 0.6) is 0 Å². The van der Waals surface area contributed by atoms with Gasteiger partial charge in [-0.3, -0.25) is 0 Å². The minimum atomic E-state index is 0.789. The molecule has 0 N–H and O–H groups in total. The highest BCUT2D eigenvalue weighted by molar-refractivity contribution is 8.11. The minimum absolute atomic E-state index is 0.789. The highest BCUT2D eigenvalue weighted by atomic mass is 32.0. The van der Waals surface area contributed by atoms with Gasteiger partial charge in [-0.25, -0.2) is 0 Å². The van der Waals surface area contributed by atoms with Gasteiger partial charge in [0.1, 0.15) is 0 Å². The Morgan fingerprint density at radius 2 is 0.400 bits per heavy atom. The van der Waals surface area contributed by atoms with Crippen molar-refractivity contribution in [3.05, 3.63) is 0 Å². The second kappa shape index (κ2) is 49.9. The van der Waals surface area contributed by atoms with Crippen LogP contribution >= 0.6 is 16.5 Å². The van der Waals surface area contributed by atoms with Crippen molar-refractivity contribution >= 4 is 16.5 Å². The van der Waals surface area contributed by atoms with Gasteiger partial charge in [0.25, 0.3) is 0 Å². The second-order valence-corrected chi connectivity index (χ2v) is 21.1. The summed E-state index contributed by atoms with van der Waals surface area (Å²) in [5.41, 5.74) is 0. The lowest BCUT2D eigenvalue weighted by atomic mass is 10.0. The first-order valence-electron chi connectivity index (χ1n) is 24.5. The Kier molecular flexibility index (Phi) is 50.7. The zero-order valence-corrected chi connectivity index (χ0v) is 37.8. The molecule has 0 saturated carbocycles. The fraction of sp³-hybridized carbons (Fsp3) is 1.00. The molecule has 0 spiro atoms. The van der Waals surface area contributed by atoms with E-state index in [1.807, 2.05) is 0 Å². The fourth-order valence-electron chi connectivity index (χ4n) is 7.90. The summed E-state index contributed by atoms with van der Waals surface area (Å²) in [6.45, 7) is 4.63. The summed E-state index contributed by atoms with van der Waals surface area (Å²) in [7, 11) is 2.12. The standard InChI is InChI=1S/C48H100P2/c1-3-5-7-9-11-13-15-17-19-21-23-25-27-29-31-33-35-37-39-41-43-45-47-49-50-48-46-44-42-40-38-36-34-32-30-28-26-24-22-20-18-16-14-12-10-8-6-4-2/h49-50H,3-48H2,1-2H3/p+1. The highest BCUT2D eigenvalue weighted by Crippen LogP contribution is 2.38. The van der Waals surface area contributed by atoms with Crippen LogP contribution in [0.3, 0.4) is 0 Å². The van der Waals surface area contributed by atoms with Crippen molar-refractivity contribution in [2.24, 2.45) is 0 Å². The minimum Gasteiger partial charge on any atom is -0.0654 e. The van der Waals surface area contributed by atoms with Crippen LogP contribution < -0.4 is 0 Å². The van der Waals surface area contributed by atoms with Gasteiger partial charge in [-0.2, -0.15) is 0 Å².